The fraction of sp³-hybridized carbons (Fsp3) is 1.00. The van der Waals surface area contributed by atoms with Crippen molar-refractivity contribution in [2.24, 2.45) is 0 Å². The molecular weight excluding hydrogens is 172 g/mol. The molecular formula is C8H20O3Si. The van der Waals surface area contributed by atoms with E-state index in [9.17, 15) is 0 Å². The van der Waals surface area contributed by atoms with Gasteiger partial charge in [0.25, 0.3) is 0 Å². The number of aliphatic hydroxyl groups is 1. The first-order valence-corrected chi connectivity index (χ1v) is 7.09. The molecule has 0 heterocycles. The van der Waals surface area contributed by atoms with Crippen LogP contribution < -0.4 is 0 Å². The van der Waals surface area contributed by atoms with Crippen molar-refractivity contribution in [1.82, 2.24) is 0 Å². The van der Waals surface area contributed by atoms with Gasteiger partial charge in [-0.1, -0.05) is 0 Å². The maximum atomic E-state index is 8.68. The largest absolute Gasteiger partial charge is 0.396 e. The Hall–Kier alpha value is 0.0969. The lowest BCUT2D eigenvalue weighted by Crippen LogP contribution is -2.38. The molecule has 0 rings (SSSR count). The summed E-state index contributed by atoms with van der Waals surface area (Å²) >= 11 is 0. The van der Waals surface area contributed by atoms with Gasteiger partial charge in [0.2, 0.25) is 0 Å². The van der Waals surface area contributed by atoms with Gasteiger partial charge in [-0.15, -0.1) is 0 Å². The lowest BCUT2D eigenvalue weighted by atomic mass is 10.5. The highest BCUT2D eigenvalue weighted by Gasteiger charge is 2.29. The average Bonchev–Trinajstić information content (AvgIpc) is 2.02. The molecule has 12 heavy (non-hydrogen) atoms. The molecule has 0 saturated carbocycles. The summed E-state index contributed by atoms with van der Waals surface area (Å²) in [6.07, 6.45) is 0.780. The monoisotopic (exact) mass is 192 g/mol. The minimum atomic E-state index is -1.93. The van der Waals surface area contributed by atoms with E-state index in [1.807, 2.05) is 13.8 Å². The van der Waals surface area contributed by atoms with Crippen LogP contribution in [0.4, 0.5) is 0 Å². The van der Waals surface area contributed by atoms with Crippen molar-refractivity contribution in [3.8, 4) is 0 Å². The molecule has 0 bridgehead atoms. The van der Waals surface area contributed by atoms with Gasteiger partial charge in [-0.05, 0) is 32.9 Å². The Morgan fingerprint density at radius 3 is 2.00 bits per heavy atom. The molecule has 0 aromatic heterocycles. The van der Waals surface area contributed by atoms with Crippen LogP contribution in [0, 0.1) is 0 Å². The maximum absolute atomic E-state index is 8.68. The second-order valence-corrected chi connectivity index (χ2v) is 6.17. The number of hydrogen-bond acceptors (Lipinski definition) is 3. The van der Waals surface area contributed by atoms with Gasteiger partial charge < -0.3 is 14.0 Å². The van der Waals surface area contributed by atoms with Crippen LogP contribution >= 0.6 is 0 Å². The summed E-state index contributed by atoms with van der Waals surface area (Å²) in [4.78, 5) is 0. The molecule has 1 N–H and O–H groups in total. The molecule has 0 amide bonds. The Kier molecular flexibility index (Phi) is 6.65. The lowest BCUT2D eigenvalue weighted by molar-refractivity contribution is 0.184. The van der Waals surface area contributed by atoms with Crippen molar-refractivity contribution in [2.75, 3.05) is 19.8 Å². The van der Waals surface area contributed by atoms with E-state index in [1.165, 1.54) is 0 Å². The zero-order valence-electron chi connectivity index (χ0n) is 8.30. The Morgan fingerprint density at radius 1 is 1.17 bits per heavy atom. The molecule has 74 valence electrons. The first kappa shape index (κ1) is 12.1. The maximum Gasteiger partial charge on any atom is 0.334 e. The lowest BCUT2D eigenvalue weighted by Gasteiger charge is -2.25. The van der Waals surface area contributed by atoms with E-state index in [4.69, 9.17) is 14.0 Å². The minimum absolute atomic E-state index is 0.225. The summed E-state index contributed by atoms with van der Waals surface area (Å²) in [6, 6.07) is 0.880. The van der Waals surface area contributed by atoms with Gasteiger partial charge in [-0.3, -0.25) is 0 Å². The van der Waals surface area contributed by atoms with E-state index in [0.717, 1.165) is 12.5 Å². The van der Waals surface area contributed by atoms with Crippen molar-refractivity contribution in [3.05, 3.63) is 0 Å². The van der Waals surface area contributed by atoms with Gasteiger partial charge >= 0.3 is 8.56 Å². The Morgan fingerprint density at radius 2 is 1.67 bits per heavy atom. The molecule has 0 saturated heterocycles. The van der Waals surface area contributed by atoms with Crippen LogP contribution in [-0.2, 0) is 8.85 Å². The van der Waals surface area contributed by atoms with E-state index in [2.05, 4.69) is 6.55 Å². The van der Waals surface area contributed by atoms with E-state index in [-0.39, 0.29) is 6.61 Å². The van der Waals surface area contributed by atoms with Crippen LogP contribution in [-0.4, -0.2) is 33.5 Å². The SMILES string of the molecule is CCO[Si](C)(CCCO)OCC. The molecule has 3 nitrogen and oxygen atoms in total. The van der Waals surface area contributed by atoms with Gasteiger partial charge in [0.05, 0.1) is 0 Å². The minimum Gasteiger partial charge on any atom is -0.396 e. The molecule has 0 unspecified atom stereocenters. The molecule has 0 atom stereocenters. The average molecular weight is 192 g/mol. The molecule has 0 radical (unpaired) electrons. The normalized spacial score (nSPS) is 12.0. The van der Waals surface area contributed by atoms with Gasteiger partial charge in [0, 0.05) is 19.8 Å². The predicted molar refractivity (Wildman–Crippen MR) is 51.4 cm³/mol. The van der Waals surface area contributed by atoms with Crippen LogP contribution in [0.1, 0.15) is 20.3 Å². The third-order valence-electron chi connectivity index (χ3n) is 1.69. The van der Waals surface area contributed by atoms with Crippen LogP contribution in [0.3, 0.4) is 0 Å². The van der Waals surface area contributed by atoms with Gasteiger partial charge in [-0.2, -0.15) is 0 Å². The molecule has 0 aliphatic carbocycles. The van der Waals surface area contributed by atoms with E-state index in [1.54, 1.807) is 0 Å². The fourth-order valence-corrected chi connectivity index (χ4v) is 3.59. The molecule has 0 aliphatic rings. The fourth-order valence-electron chi connectivity index (χ4n) is 1.20. The quantitative estimate of drug-likeness (QED) is 0.621. The van der Waals surface area contributed by atoms with Crippen LogP contribution in [0.2, 0.25) is 12.6 Å². The standard InChI is InChI=1S/C8H20O3Si/c1-4-10-12(3,11-5-2)8-6-7-9/h9H,4-8H2,1-3H3. The first-order valence-electron chi connectivity index (χ1n) is 4.57. The van der Waals surface area contributed by atoms with E-state index >= 15 is 0 Å². The summed E-state index contributed by atoms with van der Waals surface area (Å²) in [6.45, 7) is 7.63. The summed E-state index contributed by atoms with van der Waals surface area (Å²) in [5.41, 5.74) is 0. The molecule has 0 aliphatic heterocycles. The van der Waals surface area contributed by atoms with E-state index in [0.29, 0.717) is 13.2 Å². The highest BCUT2D eigenvalue weighted by molar-refractivity contribution is 6.66. The highest BCUT2D eigenvalue weighted by atomic mass is 28.4. The van der Waals surface area contributed by atoms with E-state index < -0.39 is 8.56 Å². The summed E-state index contributed by atoms with van der Waals surface area (Å²) in [7, 11) is -1.93. The molecule has 0 aromatic carbocycles. The van der Waals surface area contributed by atoms with Crippen molar-refractivity contribution in [1.29, 1.82) is 0 Å². The molecule has 0 fully saturated rings. The van der Waals surface area contributed by atoms with Crippen LogP contribution in [0.25, 0.3) is 0 Å². The van der Waals surface area contributed by atoms with Gasteiger partial charge in [-0.25, -0.2) is 0 Å². The summed E-state index contributed by atoms with van der Waals surface area (Å²) in [5.74, 6) is 0. The number of rotatable bonds is 7. The van der Waals surface area contributed by atoms with Crippen molar-refractivity contribution < 1.29 is 14.0 Å². The second-order valence-electron chi connectivity index (χ2n) is 2.83. The topological polar surface area (TPSA) is 38.7 Å². The Labute approximate surface area is 75.9 Å². The Bertz CT molecular complexity index is 102. The summed E-state index contributed by atoms with van der Waals surface area (Å²) in [5, 5.41) is 8.68. The van der Waals surface area contributed by atoms with Crippen LogP contribution in [0.5, 0.6) is 0 Å². The highest BCUT2D eigenvalue weighted by Crippen LogP contribution is 2.15. The number of hydrogen-bond donors (Lipinski definition) is 1. The van der Waals surface area contributed by atoms with Gasteiger partial charge in [0.15, 0.2) is 0 Å². The zero-order chi connectivity index (χ0) is 9.45. The van der Waals surface area contributed by atoms with Crippen LogP contribution in [0.15, 0.2) is 0 Å². The van der Waals surface area contributed by atoms with Gasteiger partial charge in [0.1, 0.15) is 0 Å². The first-order chi connectivity index (χ1) is 5.68. The summed E-state index contributed by atoms with van der Waals surface area (Å²) < 4.78 is 11.2. The van der Waals surface area contributed by atoms with Crippen molar-refractivity contribution in [2.45, 2.75) is 32.9 Å². The smallest absolute Gasteiger partial charge is 0.334 e. The number of aliphatic hydroxyl groups excluding tert-OH is 1. The predicted octanol–water partition coefficient (Wildman–Crippen LogP) is 1.51. The molecule has 4 heteroatoms. The third kappa shape index (κ3) is 4.87. The third-order valence-corrected chi connectivity index (χ3v) is 4.75. The second kappa shape index (κ2) is 6.60. The molecule has 0 spiro atoms. The Balaban J connectivity index is 3.80. The van der Waals surface area contributed by atoms with Crippen molar-refractivity contribution in [3.63, 3.8) is 0 Å². The van der Waals surface area contributed by atoms with Crippen molar-refractivity contribution >= 4 is 8.56 Å². The molecule has 0 aromatic rings. The zero-order valence-corrected chi connectivity index (χ0v) is 9.30.